The molecule has 2 aromatic carbocycles. The molecule has 0 saturated heterocycles. The Morgan fingerprint density at radius 2 is 2.15 bits per heavy atom. The van der Waals surface area contributed by atoms with Crippen LogP contribution in [0.3, 0.4) is 0 Å². The molecule has 1 heterocycles. The van der Waals surface area contributed by atoms with Crippen LogP contribution in [0.25, 0.3) is 0 Å². The van der Waals surface area contributed by atoms with Gasteiger partial charge in [-0.2, -0.15) is 5.26 Å². The van der Waals surface area contributed by atoms with Crippen molar-refractivity contribution in [3.8, 4) is 6.07 Å². The normalized spacial score (nSPS) is 11.6. The van der Waals surface area contributed by atoms with Crippen LogP contribution in [0.15, 0.2) is 54.9 Å². The fourth-order valence-corrected chi connectivity index (χ4v) is 2.66. The van der Waals surface area contributed by atoms with Gasteiger partial charge in [-0.1, -0.05) is 12.1 Å². The minimum Gasteiger partial charge on any atom is -0.370 e. The molecule has 0 bridgehead atoms. The first kappa shape index (κ1) is 17.1. The molecule has 0 fully saturated rings. The van der Waals surface area contributed by atoms with Gasteiger partial charge in [-0.25, -0.2) is 9.37 Å². The van der Waals surface area contributed by atoms with E-state index in [4.69, 9.17) is 0 Å². The Balaban J connectivity index is 2.06. The van der Waals surface area contributed by atoms with Crippen molar-refractivity contribution in [2.24, 2.45) is 7.05 Å². The number of imidazole rings is 1. The largest absolute Gasteiger partial charge is 0.370 e. The van der Waals surface area contributed by atoms with Crippen molar-refractivity contribution in [2.75, 3.05) is 5.32 Å². The molecule has 0 aliphatic carbocycles. The lowest BCUT2D eigenvalue weighted by Gasteiger charge is -2.21. The first-order chi connectivity index (χ1) is 12.5. The van der Waals surface area contributed by atoms with E-state index < -0.39 is 16.8 Å². The van der Waals surface area contributed by atoms with E-state index in [0.717, 1.165) is 0 Å². The molecule has 3 rings (SSSR count). The average molecular weight is 351 g/mol. The van der Waals surface area contributed by atoms with Crippen molar-refractivity contribution in [1.29, 1.82) is 5.26 Å². The maximum Gasteiger partial charge on any atom is 0.270 e. The number of non-ortho nitro benzene ring substituents is 1. The van der Waals surface area contributed by atoms with Gasteiger partial charge in [0.25, 0.3) is 5.69 Å². The molecule has 8 heteroatoms. The summed E-state index contributed by atoms with van der Waals surface area (Å²) in [5, 5.41) is 23.4. The van der Waals surface area contributed by atoms with Crippen molar-refractivity contribution in [3.63, 3.8) is 0 Å². The predicted molar refractivity (Wildman–Crippen MR) is 92.9 cm³/mol. The Morgan fingerprint density at radius 1 is 1.35 bits per heavy atom. The van der Waals surface area contributed by atoms with Crippen LogP contribution in [-0.4, -0.2) is 14.5 Å². The van der Waals surface area contributed by atoms with Gasteiger partial charge in [0.1, 0.15) is 23.8 Å². The standard InChI is InChI=1S/C18H14FN5O2/c1-23-8-7-21-18(23)17(12-3-2-4-14(19)9-12)22-16-6-5-15(24(25)26)10-13(16)11-20/h2-10,17,22H,1H3. The quantitative estimate of drug-likeness (QED) is 0.560. The number of hydrogen-bond acceptors (Lipinski definition) is 5. The molecule has 3 aromatic rings. The van der Waals surface area contributed by atoms with E-state index in [9.17, 15) is 19.8 Å². The van der Waals surface area contributed by atoms with Gasteiger partial charge in [-0.15, -0.1) is 0 Å². The van der Waals surface area contributed by atoms with Crippen LogP contribution in [0.1, 0.15) is 23.0 Å². The molecule has 1 atom stereocenters. The van der Waals surface area contributed by atoms with Crippen LogP contribution in [0, 0.1) is 27.3 Å². The molecule has 26 heavy (non-hydrogen) atoms. The number of halogens is 1. The van der Waals surface area contributed by atoms with Gasteiger partial charge in [0.05, 0.1) is 16.2 Å². The van der Waals surface area contributed by atoms with E-state index in [0.29, 0.717) is 17.1 Å². The summed E-state index contributed by atoms with van der Waals surface area (Å²) in [6, 6.07) is 11.4. The van der Waals surface area contributed by atoms with Crippen molar-refractivity contribution in [1.82, 2.24) is 9.55 Å². The molecule has 0 saturated carbocycles. The minimum absolute atomic E-state index is 0.120. The van der Waals surface area contributed by atoms with Crippen molar-refractivity contribution >= 4 is 11.4 Å². The number of aryl methyl sites for hydroxylation is 1. The van der Waals surface area contributed by atoms with Crippen molar-refractivity contribution in [3.05, 3.63) is 87.7 Å². The zero-order valence-electron chi connectivity index (χ0n) is 13.8. The van der Waals surface area contributed by atoms with E-state index in [2.05, 4.69) is 10.3 Å². The lowest BCUT2D eigenvalue weighted by Crippen LogP contribution is -2.17. The SMILES string of the molecule is Cn1ccnc1C(Nc1ccc([N+](=O)[O-])cc1C#N)c1cccc(F)c1. The molecule has 0 spiro atoms. The number of anilines is 1. The second-order valence-corrected chi connectivity index (χ2v) is 5.63. The van der Waals surface area contributed by atoms with E-state index >= 15 is 0 Å². The third-order valence-corrected chi connectivity index (χ3v) is 3.93. The Morgan fingerprint density at radius 3 is 2.77 bits per heavy atom. The van der Waals surface area contributed by atoms with Crippen LogP contribution < -0.4 is 5.32 Å². The molecule has 1 unspecified atom stereocenters. The molecule has 130 valence electrons. The monoisotopic (exact) mass is 351 g/mol. The maximum absolute atomic E-state index is 13.7. The number of nitro groups is 1. The highest BCUT2D eigenvalue weighted by atomic mass is 19.1. The fourth-order valence-electron chi connectivity index (χ4n) is 2.66. The number of aromatic nitrogens is 2. The smallest absolute Gasteiger partial charge is 0.270 e. The van der Waals surface area contributed by atoms with Crippen LogP contribution in [0.2, 0.25) is 0 Å². The summed E-state index contributed by atoms with van der Waals surface area (Å²) in [7, 11) is 1.80. The topological polar surface area (TPSA) is 96.8 Å². The summed E-state index contributed by atoms with van der Waals surface area (Å²) in [6.07, 6.45) is 3.37. The molecule has 0 aliphatic rings. The van der Waals surface area contributed by atoms with E-state index in [1.165, 1.54) is 30.3 Å². The molecule has 7 nitrogen and oxygen atoms in total. The third-order valence-electron chi connectivity index (χ3n) is 3.93. The summed E-state index contributed by atoms with van der Waals surface area (Å²) in [6.45, 7) is 0. The summed E-state index contributed by atoms with van der Waals surface area (Å²) >= 11 is 0. The first-order valence-corrected chi connectivity index (χ1v) is 7.67. The summed E-state index contributed by atoms with van der Waals surface area (Å²) < 4.78 is 15.5. The molecule has 1 N–H and O–H groups in total. The molecule has 0 radical (unpaired) electrons. The van der Waals surface area contributed by atoms with Gasteiger partial charge >= 0.3 is 0 Å². The zero-order chi connectivity index (χ0) is 18.7. The van der Waals surface area contributed by atoms with Gasteiger partial charge < -0.3 is 9.88 Å². The van der Waals surface area contributed by atoms with Gasteiger partial charge in [0.15, 0.2) is 0 Å². The van der Waals surface area contributed by atoms with Crippen LogP contribution in [0.5, 0.6) is 0 Å². The minimum atomic E-state index is -0.562. The van der Waals surface area contributed by atoms with E-state index in [-0.39, 0.29) is 11.3 Å². The molecule has 0 amide bonds. The lowest BCUT2D eigenvalue weighted by atomic mass is 10.0. The predicted octanol–water partition coefficient (Wildman–Crippen LogP) is 3.54. The van der Waals surface area contributed by atoms with Crippen LogP contribution in [0.4, 0.5) is 15.8 Å². The number of hydrogen-bond donors (Lipinski definition) is 1. The summed E-state index contributed by atoms with van der Waals surface area (Å²) in [4.78, 5) is 14.7. The number of nitriles is 1. The summed E-state index contributed by atoms with van der Waals surface area (Å²) in [5.41, 5.74) is 0.957. The Bertz CT molecular complexity index is 1010. The van der Waals surface area contributed by atoms with Crippen LogP contribution in [-0.2, 0) is 7.05 Å². The maximum atomic E-state index is 13.7. The number of benzene rings is 2. The van der Waals surface area contributed by atoms with E-state index in [1.807, 2.05) is 6.07 Å². The number of nitro benzene ring substituents is 1. The van der Waals surface area contributed by atoms with Gasteiger partial charge in [-0.05, 0) is 23.8 Å². The molecular weight excluding hydrogens is 337 g/mol. The molecular formula is C18H14FN5O2. The molecule has 0 aliphatic heterocycles. The number of nitrogens with one attached hydrogen (secondary N) is 1. The van der Waals surface area contributed by atoms with E-state index in [1.54, 1.807) is 36.1 Å². The lowest BCUT2D eigenvalue weighted by molar-refractivity contribution is -0.384. The van der Waals surface area contributed by atoms with Crippen LogP contribution >= 0.6 is 0 Å². The highest BCUT2D eigenvalue weighted by molar-refractivity contribution is 5.62. The second-order valence-electron chi connectivity index (χ2n) is 5.63. The Labute approximate surface area is 148 Å². The number of rotatable bonds is 5. The zero-order valence-corrected chi connectivity index (χ0v) is 13.8. The highest BCUT2D eigenvalue weighted by Crippen LogP contribution is 2.29. The molecule has 1 aromatic heterocycles. The average Bonchev–Trinajstić information content (AvgIpc) is 3.05. The third kappa shape index (κ3) is 3.37. The van der Waals surface area contributed by atoms with Crippen molar-refractivity contribution in [2.45, 2.75) is 6.04 Å². The highest BCUT2D eigenvalue weighted by Gasteiger charge is 2.21. The fraction of sp³-hybridized carbons (Fsp3) is 0.111. The van der Waals surface area contributed by atoms with Gasteiger partial charge in [-0.3, -0.25) is 10.1 Å². The summed E-state index contributed by atoms with van der Waals surface area (Å²) in [5.74, 6) is 0.213. The Kier molecular flexibility index (Phi) is 4.62. The Hall–Kier alpha value is -3.73. The first-order valence-electron chi connectivity index (χ1n) is 7.67. The van der Waals surface area contributed by atoms with Crippen molar-refractivity contribution < 1.29 is 9.31 Å². The van der Waals surface area contributed by atoms with Gasteiger partial charge in [0, 0.05) is 31.6 Å². The number of nitrogens with zero attached hydrogens (tertiary/aromatic N) is 4. The second kappa shape index (κ2) is 7.03. The van der Waals surface area contributed by atoms with Gasteiger partial charge in [0.2, 0.25) is 0 Å².